The number of pyridine rings is 1. The van der Waals surface area contributed by atoms with Crippen molar-refractivity contribution in [3.05, 3.63) is 42.9 Å². The van der Waals surface area contributed by atoms with Crippen LogP contribution in [-0.2, 0) is 9.53 Å². The zero-order valence-electron chi connectivity index (χ0n) is 14.6. The van der Waals surface area contributed by atoms with E-state index in [4.69, 9.17) is 4.74 Å². The third kappa shape index (κ3) is 3.44. The van der Waals surface area contributed by atoms with Gasteiger partial charge in [-0.15, -0.1) is 0 Å². The highest BCUT2D eigenvalue weighted by Crippen LogP contribution is 2.24. The summed E-state index contributed by atoms with van der Waals surface area (Å²) in [6.45, 7) is 4.80. The van der Waals surface area contributed by atoms with Gasteiger partial charge in [-0.25, -0.2) is 4.98 Å². The number of fused-ring (bicyclic) bond motifs is 1. The molecule has 2 N–H and O–H groups in total. The first-order chi connectivity index (χ1) is 12.7. The molecule has 0 saturated carbocycles. The second-order valence-corrected chi connectivity index (χ2v) is 6.43. The van der Waals surface area contributed by atoms with Crippen LogP contribution < -0.4 is 5.32 Å². The molecule has 1 aliphatic rings. The van der Waals surface area contributed by atoms with Crippen LogP contribution in [0.4, 0.5) is 5.82 Å². The van der Waals surface area contributed by atoms with Crippen molar-refractivity contribution >= 4 is 22.5 Å². The maximum Gasteiger partial charge on any atom is 0.242 e. The molecule has 0 aliphatic carbocycles. The van der Waals surface area contributed by atoms with Gasteiger partial charge in [0.2, 0.25) is 5.91 Å². The molecule has 3 aromatic rings. The minimum atomic E-state index is -0.214. The highest BCUT2D eigenvalue weighted by molar-refractivity contribution is 5.96. The fourth-order valence-electron chi connectivity index (χ4n) is 3.16. The van der Waals surface area contributed by atoms with Crippen LogP contribution in [0.2, 0.25) is 0 Å². The summed E-state index contributed by atoms with van der Waals surface area (Å²) in [5.41, 5.74) is 2.09. The Bertz CT molecular complexity index is 903. The van der Waals surface area contributed by atoms with Crippen molar-refractivity contribution in [2.45, 2.75) is 13.0 Å². The van der Waals surface area contributed by atoms with Crippen LogP contribution in [0.5, 0.6) is 0 Å². The molecule has 134 valence electrons. The normalized spacial score (nSPS) is 16.5. The van der Waals surface area contributed by atoms with Gasteiger partial charge in [0.25, 0.3) is 0 Å². The lowest BCUT2D eigenvalue weighted by molar-refractivity contribution is -0.122. The Morgan fingerprint density at radius 2 is 2.04 bits per heavy atom. The monoisotopic (exact) mass is 351 g/mol. The molecular weight excluding hydrogens is 330 g/mol. The Morgan fingerprint density at radius 1 is 1.19 bits per heavy atom. The number of hydrogen-bond donors (Lipinski definition) is 2. The number of benzene rings is 1. The lowest BCUT2D eigenvalue weighted by atomic mass is 10.1. The third-order valence-electron chi connectivity index (χ3n) is 4.78. The molecule has 26 heavy (non-hydrogen) atoms. The topological polar surface area (TPSA) is 83.1 Å². The van der Waals surface area contributed by atoms with E-state index in [1.165, 1.54) is 0 Å². The maximum absolute atomic E-state index is 12.6. The first-order valence-electron chi connectivity index (χ1n) is 8.72. The van der Waals surface area contributed by atoms with E-state index >= 15 is 0 Å². The van der Waals surface area contributed by atoms with Gasteiger partial charge in [0.05, 0.1) is 25.5 Å². The first-order valence-corrected chi connectivity index (χ1v) is 8.72. The number of amides is 1. The van der Waals surface area contributed by atoms with E-state index < -0.39 is 0 Å². The number of H-pyrrole nitrogens is 1. The van der Waals surface area contributed by atoms with Gasteiger partial charge in [-0.1, -0.05) is 12.1 Å². The van der Waals surface area contributed by atoms with Crippen molar-refractivity contribution in [3.63, 3.8) is 0 Å². The van der Waals surface area contributed by atoms with Crippen molar-refractivity contribution in [2.75, 3.05) is 31.6 Å². The fraction of sp³-hybridized carbons (Fsp3) is 0.316. The molecule has 3 heterocycles. The molecule has 1 aliphatic heterocycles. The predicted molar refractivity (Wildman–Crippen MR) is 99.8 cm³/mol. The number of carbonyl (C=O) groups is 1. The van der Waals surface area contributed by atoms with Gasteiger partial charge in [-0.3, -0.25) is 14.8 Å². The van der Waals surface area contributed by atoms with Crippen molar-refractivity contribution in [1.82, 2.24) is 20.1 Å². The number of ether oxygens (including phenoxy) is 1. The number of hydrogen-bond acceptors (Lipinski definition) is 5. The SMILES string of the molecule is C[C@@H](C(=O)Nc1cc2cc(-c3cn[nH]c3)ccc2cn1)N1CCOCC1. The van der Waals surface area contributed by atoms with Crippen LogP contribution in [-0.4, -0.2) is 58.3 Å². The van der Waals surface area contributed by atoms with Gasteiger partial charge in [0, 0.05) is 36.4 Å². The number of carbonyl (C=O) groups excluding carboxylic acids is 1. The quantitative estimate of drug-likeness (QED) is 0.753. The van der Waals surface area contributed by atoms with Gasteiger partial charge in [0.15, 0.2) is 0 Å². The smallest absolute Gasteiger partial charge is 0.242 e. The first kappa shape index (κ1) is 16.7. The summed E-state index contributed by atoms with van der Waals surface area (Å²) in [5.74, 6) is 0.511. The second-order valence-electron chi connectivity index (χ2n) is 6.43. The summed E-state index contributed by atoms with van der Waals surface area (Å²) in [6.07, 6.45) is 5.42. The summed E-state index contributed by atoms with van der Waals surface area (Å²) in [5, 5.41) is 11.8. The van der Waals surface area contributed by atoms with Crippen LogP contribution in [0.3, 0.4) is 0 Å². The van der Waals surface area contributed by atoms with E-state index in [-0.39, 0.29) is 11.9 Å². The summed E-state index contributed by atoms with van der Waals surface area (Å²) in [7, 11) is 0. The summed E-state index contributed by atoms with van der Waals surface area (Å²) < 4.78 is 5.35. The Balaban J connectivity index is 1.53. The van der Waals surface area contributed by atoms with Gasteiger partial charge in [-0.05, 0) is 30.0 Å². The predicted octanol–water partition coefficient (Wildman–Crippen LogP) is 2.28. The fourth-order valence-corrected chi connectivity index (χ4v) is 3.16. The molecule has 1 fully saturated rings. The number of nitrogens with one attached hydrogen (secondary N) is 2. The standard InChI is InChI=1S/C19H21N5O2/c1-13(24-4-6-26-7-5-24)19(25)23-18-9-16-8-14(17-11-21-22-12-17)2-3-15(16)10-20-18/h2-3,8-13H,4-7H2,1H3,(H,21,22)(H,20,23,25)/t13-/m0/s1. The Labute approximate surface area is 151 Å². The molecule has 4 rings (SSSR count). The van der Waals surface area contributed by atoms with Gasteiger partial charge in [-0.2, -0.15) is 5.10 Å². The van der Waals surface area contributed by atoms with E-state index in [0.717, 1.165) is 35.0 Å². The summed E-state index contributed by atoms with van der Waals surface area (Å²) in [6, 6.07) is 7.82. The van der Waals surface area contributed by atoms with E-state index in [0.29, 0.717) is 19.0 Å². The zero-order chi connectivity index (χ0) is 17.9. The van der Waals surface area contributed by atoms with Crippen molar-refractivity contribution in [1.29, 1.82) is 0 Å². The van der Waals surface area contributed by atoms with Crippen LogP contribution in [0.15, 0.2) is 42.9 Å². The molecule has 7 heteroatoms. The van der Waals surface area contributed by atoms with E-state index in [1.54, 1.807) is 12.4 Å². The second kappa shape index (κ2) is 7.23. The van der Waals surface area contributed by atoms with Gasteiger partial charge in [0.1, 0.15) is 5.82 Å². The average molecular weight is 351 g/mol. The largest absolute Gasteiger partial charge is 0.379 e. The van der Waals surface area contributed by atoms with Crippen LogP contribution >= 0.6 is 0 Å². The lowest BCUT2D eigenvalue weighted by Gasteiger charge is -2.31. The number of aromatic amines is 1. The molecule has 1 saturated heterocycles. The Morgan fingerprint density at radius 3 is 2.81 bits per heavy atom. The van der Waals surface area contributed by atoms with Gasteiger partial charge < -0.3 is 10.1 Å². The Hall–Kier alpha value is -2.77. The number of rotatable bonds is 4. The highest BCUT2D eigenvalue weighted by atomic mass is 16.5. The molecular formula is C19H21N5O2. The molecule has 0 spiro atoms. The van der Waals surface area contributed by atoms with Crippen molar-refractivity contribution in [2.24, 2.45) is 0 Å². The zero-order valence-corrected chi connectivity index (χ0v) is 14.6. The van der Waals surface area contributed by atoms with E-state index in [2.05, 4.69) is 31.5 Å². The number of anilines is 1. The van der Waals surface area contributed by atoms with Crippen LogP contribution in [0.1, 0.15) is 6.92 Å². The van der Waals surface area contributed by atoms with Gasteiger partial charge >= 0.3 is 0 Å². The number of nitrogens with zero attached hydrogens (tertiary/aromatic N) is 3. The molecule has 7 nitrogen and oxygen atoms in total. The minimum Gasteiger partial charge on any atom is -0.379 e. The van der Waals surface area contributed by atoms with Crippen molar-refractivity contribution in [3.8, 4) is 11.1 Å². The molecule has 1 aromatic carbocycles. The van der Waals surface area contributed by atoms with Crippen molar-refractivity contribution < 1.29 is 9.53 Å². The summed E-state index contributed by atoms with van der Waals surface area (Å²) in [4.78, 5) is 19.1. The molecule has 0 radical (unpaired) electrons. The lowest BCUT2D eigenvalue weighted by Crippen LogP contribution is -2.47. The molecule has 2 aromatic heterocycles. The molecule has 0 bridgehead atoms. The molecule has 1 atom stereocenters. The maximum atomic E-state index is 12.6. The van der Waals surface area contributed by atoms with Crippen LogP contribution in [0.25, 0.3) is 21.9 Å². The minimum absolute atomic E-state index is 0.0512. The van der Waals surface area contributed by atoms with E-state index in [9.17, 15) is 4.79 Å². The van der Waals surface area contributed by atoms with Crippen LogP contribution in [0, 0.1) is 0 Å². The number of morpholine rings is 1. The Kier molecular flexibility index (Phi) is 4.64. The molecule has 1 amide bonds. The summed E-state index contributed by atoms with van der Waals surface area (Å²) >= 11 is 0. The van der Waals surface area contributed by atoms with E-state index in [1.807, 2.05) is 31.3 Å². The average Bonchev–Trinajstić information content (AvgIpc) is 3.22. The third-order valence-corrected chi connectivity index (χ3v) is 4.78. The number of aromatic nitrogens is 3. The highest BCUT2D eigenvalue weighted by Gasteiger charge is 2.23. The molecule has 0 unspecified atom stereocenters.